The monoisotopic (exact) mass is 251 g/mol. The van der Waals surface area contributed by atoms with E-state index in [0.29, 0.717) is 12.0 Å². The molecule has 1 aliphatic rings. The molecule has 0 aliphatic carbocycles. The van der Waals surface area contributed by atoms with Crippen LogP contribution in [-0.2, 0) is 17.9 Å². The zero-order chi connectivity index (χ0) is 12.6. The zero-order valence-electron chi connectivity index (χ0n) is 10.9. The highest BCUT2D eigenvalue weighted by Gasteiger charge is 2.18. The highest BCUT2D eigenvalue weighted by atomic mass is 32.2. The van der Waals surface area contributed by atoms with Gasteiger partial charge in [0.15, 0.2) is 0 Å². The van der Waals surface area contributed by atoms with Crippen LogP contribution in [-0.4, -0.2) is 10.6 Å². The van der Waals surface area contributed by atoms with Crippen molar-refractivity contribution >= 4 is 17.0 Å². The molecule has 1 aromatic heterocycles. The van der Waals surface area contributed by atoms with E-state index in [2.05, 4.69) is 48.4 Å². The highest BCUT2D eigenvalue weighted by Crippen LogP contribution is 2.24. The molecule has 0 aromatic carbocycles. The van der Waals surface area contributed by atoms with E-state index < -0.39 is 10.9 Å². The highest BCUT2D eigenvalue weighted by molar-refractivity contribution is 7.84. The SMILES string of the molecule is Cc1c2c(cn1C)S(=N)NC(CC(C)C)C=C2. The molecule has 0 radical (unpaired) electrons. The summed E-state index contributed by atoms with van der Waals surface area (Å²) in [4.78, 5) is 1.12. The normalized spacial score (nSPS) is 23.8. The van der Waals surface area contributed by atoms with Crippen LogP contribution in [0.1, 0.15) is 31.5 Å². The lowest BCUT2D eigenvalue weighted by Crippen LogP contribution is -2.28. The van der Waals surface area contributed by atoms with E-state index in [9.17, 15) is 0 Å². The fourth-order valence-electron chi connectivity index (χ4n) is 2.18. The van der Waals surface area contributed by atoms with Crippen molar-refractivity contribution in [2.45, 2.75) is 38.1 Å². The maximum absolute atomic E-state index is 8.24. The first kappa shape index (κ1) is 12.6. The summed E-state index contributed by atoms with van der Waals surface area (Å²) in [6, 6.07) is 0.327. The fourth-order valence-corrected chi connectivity index (χ4v) is 3.48. The molecule has 2 unspecified atom stereocenters. The van der Waals surface area contributed by atoms with Crippen molar-refractivity contribution in [1.29, 1.82) is 4.78 Å². The first-order valence-corrected chi connectivity index (χ1v) is 7.27. The number of nitrogens with one attached hydrogen (secondary N) is 2. The third-order valence-corrected chi connectivity index (χ3v) is 4.51. The van der Waals surface area contributed by atoms with Gasteiger partial charge in [-0.25, -0.2) is 4.72 Å². The van der Waals surface area contributed by atoms with Crippen LogP contribution in [0.4, 0.5) is 0 Å². The number of fused-ring (bicyclic) bond motifs is 1. The lowest BCUT2D eigenvalue weighted by atomic mass is 10.0. The van der Waals surface area contributed by atoms with Crippen LogP contribution in [0.3, 0.4) is 0 Å². The molecular formula is C13H21N3S. The minimum atomic E-state index is -0.602. The number of aromatic nitrogens is 1. The topological polar surface area (TPSA) is 40.8 Å². The third-order valence-electron chi connectivity index (χ3n) is 3.20. The quantitative estimate of drug-likeness (QED) is 0.833. The van der Waals surface area contributed by atoms with Gasteiger partial charge in [0.2, 0.25) is 0 Å². The summed E-state index contributed by atoms with van der Waals surface area (Å²) in [5.41, 5.74) is 2.47. The van der Waals surface area contributed by atoms with Crippen molar-refractivity contribution < 1.29 is 0 Å². The molecule has 2 rings (SSSR count). The molecule has 2 N–H and O–H groups in total. The maximum atomic E-state index is 8.24. The van der Waals surface area contributed by atoms with Crippen LogP contribution in [0, 0.1) is 17.6 Å². The smallest absolute Gasteiger partial charge is 0.0581 e. The first-order chi connectivity index (χ1) is 7.99. The Hall–Kier alpha value is -0.870. The molecule has 94 valence electrons. The lowest BCUT2D eigenvalue weighted by molar-refractivity contribution is 0.530. The molecule has 0 spiro atoms. The van der Waals surface area contributed by atoms with Crippen molar-refractivity contribution in [3.8, 4) is 0 Å². The molecule has 0 amide bonds. The molecule has 0 saturated heterocycles. The van der Waals surface area contributed by atoms with Gasteiger partial charge in [-0.2, -0.15) is 0 Å². The summed E-state index contributed by atoms with van der Waals surface area (Å²) >= 11 is 0. The number of rotatable bonds is 2. The second-order valence-corrected chi connectivity index (χ2v) is 6.41. The van der Waals surface area contributed by atoms with Crippen molar-refractivity contribution in [2.75, 3.05) is 0 Å². The van der Waals surface area contributed by atoms with Crippen LogP contribution in [0.15, 0.2) is 17.2 Å². The lowest BCUT2D eigenvalue weighted by Gasteiger charge is -2.16. The van der Waals surface area contributed by atoms with Gasteiger partial charge in [0.1, 0.15) is 0 Å². The molecule has 1 aromatic rings. The molecule has 2 atom stereocenters. The van der Waals surface area contributed by atoms with Gasteiger partial charge in [-0.3, -0.25) is 4.78 Å². The van der Waals surface area contributed by atoms with Crippen LogP contribution < -0.4 is 4.72 Å². The summed E-state index contributed by atoms with van der Waals surface area (Å²) in [5, 5.41) is 0. The van der Waals surface area contributed by atoms with Crippen molar-refractivity contribution in [3.05, 3.63) is 23.5 Å². The van der Waals surface area contributed by atoms with E-state index in [1.807, 2.05) is 7.05 Å². The minimum Gasteiger partial charge on any atom is -0.353 e. The van der Waals surface area contributed by atoms with E-state index in [1.54, 1.807) is 0 Å². The number of hydrogen-bond donors (Lipinski definition) is 2. The minimum absolute atomic E-state index is 0.327. The fraction of sp³-hybridized carbons (Fsp3) is 0.538. The Morgan fingerprint density at radius 2 is 2.24 bits per heavy atom. The van der Waals surface area contributed by atoms with E-state index in [-0.39, 0.29) is 0 Å². The molecular weight excluding hydrogens is 230 g/mol. The Morgan fingerprint density at radius 1 is 1.53 bits per heavy atom. The zero-order valence-corrected chi connectivity index (χ0v) is 11.8. The third kappa shape index (κ3) is 2.53. The Bertz CT molecular complexity index is 471. The summed E-state index contributed by atoms with van der Waals surface area (Å²) in [7, 11) is 1.44. The predicted molar refractivity (Wildman–Crippen MR) is 73.9 cm³/mol. The van der Waals surface area contributed by atoms with E-state index in [1.165, 1.54) is 11.3 Å². The van der Waals surface area contributed by atoms with Crippen molar-refractivity contribution in [2.24, 2.45) is 13.0 Å². The van der Waals surface area contributed by atoms with Gasteiger partial charge in [0.25, 0.3) is 0 Å². The van der Waals surface area contributed by atoms with E-state index in [0.717, 1.165) is 11.3 Å². The van der Waals surface area contributed by atoms with Gasteiger partial charge < -0.3 is 4.57 Å². The van der Waals surface area contributed by atoms with Gasteiger partial charge in [-0.15, -0.1) is 0 Å². The van der Waals surface area contributed by atoms with E-state index in [4.69, 9.17) is 4.78 Å². The molecule has 3 nitrogen and oxygen atoms in total. The standard InChI is InChI=1S/C13H21N3S/c1-9(2)7-11-5-6-12-10(3)16(4)8-13(12)17(14)15-11/h5-6,8-9,11H,7H2,1-4H3,(H2,14,15). The van der Waals surface area contributed by atoms with Crippen LogP contribution in [0.2, 0.25) is 0 Å². The van der Waals surface area contributed by atoms with Crippen LogP contribution >= 0.6 is 0 Å². The molecule has 0 saturated carbocycles. The Balaban J connectivity index is 2.32. The van der Waals surface area contributed by atoms with Gasteiger partial charge in [-0.05, 0) is 30.1 Å². The Labute approximate surface area is 106 Å². The first-order valence-electron chi connectivity index (χ1n) is 6.05. The largest absolute Gasteiger partial charge is 0.353 e. The summed E-state index contributed by atoms with van der Waals surface area (Å²) in [6.07, 6.45) is 7.57. The van der Waals surface area contributed by atoms with Gasteiger partial charge >= 0.3 is 0 Å². The summed E-state index contributed by atoms with van der Waals surface area (Å²) in [5.74, 6) is 0.652. The number of hydrogen-bond acceptors (Lipinski definition) is 1. The Kier molecular flexibility index (Phi) is 3.54. The van der Waals surface area contributed by atoms with Gasteiger partial charge in [0, 0.05) is 30.5 Å². The van der Waals surface area contributed by atoms with Crippen LogP contribution in [0.5, 0.6) is 0 Å². The molecule has 0 fully saturated rings. The molecule has 17 heavy (non-hydrogen) atoms. The second kappa shape index (κ2) is 4.78. The molecule has 0 bridgehead atoms. The predicted octanol–water partition coefficient (Wildman–Crippen LogP) is 3.02. The summed E-state index contributed by atoms with van der Waals surface area (Å²) < 4.78 is 13.7. The average Bonchev–Trinajstić information content (AvgIpc) is 2.42. The van der Waals surface area contributed by atoms with Crippen LogP contribution in [0.25, 0.3) is 6.08 Å². The van der Waals surface area contributed by atoms with E-state index >= 15 is 0 Å². The van der Waals surface area contributed by atoms with Gasteiger partial charge in [0.05, 0.1) is 4.90 Å². The summed E-state index contributed by atoms with van der Waals surface area (Å²) in [6.45, 7) is 6.56. The average molecular weight is 251 g/mol. The van der Waals surface area contributed by atoms with Crippen molar-refractivity contribution in [3.63, 3.8) is 0 Å². The molecule has 2 heterocycles. The van der Waals surface area contributed by atoms with Crippen molar-refractivity contribution in [1.82, 2.24) is 9.29 Å². The molecule has 1 aliphatic heterocycles. The number of nitrogens with zero attached hydrogens (tertiary/aromatic N) is 1. The molecule has 4 heteroatoms. The number of aryl methyl sites for hydroxylation is 1. The second-order valence-electron chi connectivity index (χ2n) is 5.12. The Morgan fingerprint density at radius 3 is 2.88 bits per heavy atom. The van der Waals surface area contributed by atoms with Gasteiger partial charge in [-0.1, -0.05) is 26.0 Å². The maximum Gasteiger partial charge on any atom is 0.0581 e.